The third-order valence-electron chi connectivity index (χ3n) is 0.615. The number of hydrogen-bond donors (Lipinski definition) is 0. The van der Waals surface area contributed by atoms with Gasteiger partial charge in [-0.2, -0.15) is 0 Å². The van der Waals surface area contributed by atoms with Gasteiger partial charge in [-0.05, 0) is 35.4 Å². The molecule has 0 saturated heterocycles. The van der Waals surface area contributed by atoms with Crippen molar-refractivity contribution in [2.45, 2.75) is 13.8 Å². The largest absolute Gasteiger partial charge is 0.147 e. The Morgan fingerprint density at radius 1 is 1.00 bits per heavy atom. The van der Waals surface area contributed by atoms with Gasteiger partial charge >= 0.3 is 0 Å². The Morgan fingerprint density at radius 2 is 1.38 bits per heavy atom. The SMILES string of the molecule is CC1=NN=C(C)SS1. The van der Waals surface area contributed by atoms with Crippen molar-refractivity contribution in [2.75, 3.05) is 0 Å². The van der Waals surface area contributed by atoms with Crippen LogP contribution in [-0.2, 0) is 0 Å². The molecule has 2 nitrogen and oxygen atoms in total. The molecular weight excluding hydrogens is 140 g/mol. The van der Waals surface area contributed by atoms with E-state index in [9.17, 15) is 0 Å². The van der Waals surface area contributed by atoms with Crippen LogP contribution in [0.3, 0.4) is 0 Å². The molecule has 0 amide bonds. The summed E-state index contributed by atoms with van der Waals surface area (Å²) in [5.41, 5.74) is 0. The van der Waals surface area contributed by atoms with Crippen LogP contribution in [0.2, 0.25) is 0 Å². The molecule has 1 aliphatic rings. The van der Waals surface area contributed by atoms with E-state index in [1.807, 2.05) is 13.8 Å². The van der Waals surface area contributed by atoms with Gasteiger partial charge in [0.2, 0.25) is 0 Å². The van der Waals surface area contributed by atoms with Gasteiger partial charge in [0.05, 0.1) is 0 Å². The van der Waals surface area contributed by atoms with Crippen LogP contribution in [-0.4, -0.2) is 10.1 Å². The van der Waals surface area contributed by atoms with Gasteiger partial charge in [0.1, 0.15) is 10.1 Å². The minimum atomic E-state index is 1.03. The second-order valence-corrected chi connectivity index (χ2v) is 3.92. The summed E-state index contributed by atoms with van der Waals surface area (Å²) < 4.78 is 0. The zero-order valence-corrected chi connectivity index (χ0v) is 6.34. The van der Waals surface area contributed by atoms with Crippen LogP contribution in [0, 0.1) is 0 Å². The van der Waals surface area contributed by atoms with Crippen molar-refractivity contribution >= 4 is 31.7 Å². The van der Waals surface area contributed by atoms with E-state index in [4.69, 9.17) is 0 Å². The van der Waals surface area contributed by atoms with E-state index in [1.165, 1.54) is 0 Å². The fourth-order valence-corrected chi connectivity index (χ4v) is 1.61. The molecule has 0 N–H and O–H groups in total. The topological polar surface area (TPSA) is 24.7 Å². The maximum absolute atomic E-state index is 3.86. The van der Waals surface area contributed by atoms with E-state index in [0.717, 1.165) is 10.1 Å². The summed E-state index contributed by atoms with van der Waals surface area (Å²) in [4.78, 5) is 0. The molecule has 4 heteroatoms. The maximum atomic E-state index is 3.86. The van der Waals surface area contributed by atoms with Crippen LogP contribution in [0.1, 0.15) is 13.8 Å². The Balaban J connectivity index is 2.65. The Kier molecular flexibility index (Phi) is 1.96. The molecule has 44 valence electrons. The summed E-state index contributed by atoms with van der Waals surface area (Å²) in [6.07, 6.45) is 0. The molecular formula is C4H6N2S2. The average molecular weight is 146 g/mol. The first kappa shape index (κ1) is 6.16. The molecule has 8 heavy (non-hydrogen) atoms. The maximum Gasteiger partial charge on any atom is 0.104 e. The Hall–Kier alpha value is 0.0400. The molecule has 0 saturated carbocycles. The van der Waals surface area contributed by atoms with E-state index in [2.05, 4.69) is 10.2 Å². The monoisotopic (exact) mass is 146 g/mol. The lowest BCUT2D eigenvalue weighted by Crippen LogP contribution is -1.89. The second-order valence-electron chi connectivity index (χ2n) is 1.40. The van der Waals surface area contributed by atoms with Crippen molar-refractivity contribution < 1.29 is 0 Å². The van der Waals surface area contributed by atoms with Crippen molar-refractivity contribution in [1.29, 1.82) is 0 Å². The Labute approximate surface area is 56.2 Å². The van der Waals surface area contributed by atoms with E-state index in [1.54, 1.807) is 21.6 Å². The minimum absolute atomic E-state index is 1.03. The first-order valence-corrected chi connectivity index (χ1v) is 4.37. The Morgan fingerprint density at radius 3 is 1.62 bits per heavy atom. The molecule has 0 bridgehead atoms. The first-order valence-electron chi connectivity index (χ1n) is 2.22. The van der Waals surface area contributed by atoms with E-state index in [0.29, 0.717) is 0 Å². The van der Waals surface area contributed by atoms with Crippen LogP contribution in [0.15, 0.2) is 10.2 Å². The predicted molar refractivity (Wildman–Crippen MR) is 41.4 cm³/mol. The van der Waals surface area contributed by atoms with Gasteiger partial charge in [-0.1, -0.05) is 0 Å². The third kappa shape index (κ3) is 1.52. The van der Waals surface area contributed by atoms with Gasteiger partial charge in [-0.3, -0.25) is 0 Å². The fourth-order valence-electron chi connectivity index (χ4n) is 0.295. The summed E-state index contributed by atoms with van der Waals surface area (Å²) >= 11 is 0. The second kappa shape index (κ2) is 2.55. The van der Waals surface area contributed by atoms with Crippen LogP contribution in [0.5, 0.6) is 0 Å². The van der Waals surface area contributed by atoms with Gasteiger partial charge in [0, 0.05) is 0 Å². The summed E-state index contributed by atoms with van der Waals surface area (Å²) in [6, 6.07) is 0. The van der Waals surface area contributed by atoms with E-state index < -0.39 is 0 Å². The molecule has 1 rings (SSSR count). The molecule has 0 aromatic carbocycles. The highest BCUT2D eigenvalue weighted by Gasteiger charge is 2.01. The van der Waals surface area contributed by atoms with Gasteiger partial charge in [0.25, 0.3) is 0 Å². The Bertz CT molecular complexity index is 132. The minimum Gasteiger partial charge on any atom is -0.147 e. The molecule has 0 aromatic rings. The molecule has 0 aromatic heterocycles. The molecule has 0 atom stereocenters. The summed E-state index contributed by atoms with van der Waals surface area (Å²) in [5, 5.41) is 9.77. The van der Waals surface area contributed by atoms with Gasteiger partial charge < -0.3 is 0 Å². The van der Waals surface area contributed by atoms with Crippen LogP contribution in [0.25, 0.3) is 0 Å². The van der Waals surface area contributed by atoms with Gasteiger partial charge in [-0.25, -0.2) is 0 Å². The first-order chi connectivity index (χ1) is 3.79. The number of nitrogens with zero attached hydrogens (tertiary/aromatic N) is 2. The molecule has 1 aliphatic heterocycles. The van der Waals surface area contributed by atoms with Crippen molar-refractivity contribution in [1.82, 2.24) is 0 Å². The predicted octanol–water partition coefficient (Wildman–Crippen LogP) is 2.13. The van der Waals surface area contributed by atoms with E-state index in [-0.39, 0.29) is 0 Å². The highest BCUT2D eigenvalue weighted by Crippen LogP contribution is 2.27. The molecule has 1 heterocycles. The number of rotatable bonds is 0. The standard InChI is InChI=1S/C4H6N2S2/c1-3-5-6-4(2)8-7-3/h1-2H3. The van der Waals surface area contributed by atoms with Gasteiger partial charge in [0.15, 0.2) is 0 Å². The average Bonchev–Trinajstić information content (AvgIpc) is 1.77. The highest BCUT2D eigenvalue weighted by molar-refractivity contribution is 8.87. The van der Waals surface area contributed by atoms with Crippen molar-refractivity contribution in [3.63, 3.8) is 0 Å². The lowest BCUT2D eigenvalue weighted by Gasteiger charge is -2.01. The normalized spacial score (nSPS) is 19.8. The summed E-state index contributed by atoms with van der Waals surface area (Å²) in [7, 11) is 3.32. The summed E-state index contributed by atoms with van der Waals surface area (Å²) in [6.45, 7) is 3.90. The van der Waals surface area contributed by atoms with E-state index >= 15 is 0 Å². The molecule has 0 radical (unpaired) electrons. The van der Waals surface area contributed by atoms with Gasteiger partial charge in [-0.15, -0.1) is 10.2 Å². The van der Waals surface area contributed by atoms with Crippen molar-refractivity contribution in [3.05, 3.63) is 0 Å². The highest BCUT2D eigenvalue weighted by atomic mass is 33.1. The number of hydrogen-bond acceptors (Lipinski definition) is 4. The molecule has 0 unspecified atom stereocenters. The van der Waals surface area contributed by atoms with Crippen LogP contribution in [0.4, 0.5) is 0 Å². The van der Waals surface area contributed by atoms with Crippen LogP contribution >= 0.6 is 21.6 Å². The zero-order valence-electron chi connectivity index (χ0n) is 4.71. The quantitative estimate of drug-likeness (QED) is 0.489. The van der Waals surface area contributed by atoms with Crippen molar-refractivity contribution in [3.8, 4) is 0 Å². The summed E-state index contributed by atoms with van der Waals surface area (Å²) in [5.74, 6) is 0. The van der Waals surface area contributed by atoms with Crippen molar-refractivity contribution in [2.24, 2.45) is 10.2 Å². The molecule has 0 fully saturated rings. The zero-order chi connectivity index (χ0) is 5.98. The third-order valence-corrected chi connectivity index (χ3v) is 3.04. The molecule has 0 spiro atoms. The van der Waals surface area contributed by atoms with Crippen LogP contribution < -0.4 is 0 Å². The fraction of sp³-hybridized carbons (Fsp3) is 0.500. The lowest BCUT2D eigenvalue weighted by molar-refractivity contribution is 1.25. The lowest BCUT2D eigenvalue weighted by atomic mass is 10.9. The molecule has 0 aliphatic carbocycles. The smallest absolute Gasteiger partial charge is 0.104 e.